The van der Waals surface area contributed by atoms with Gasteiger partial charge in [-0.15, -0.1) is 0 Å². The summed E-state index contributed by atoms with van der Waals surface area (Å²) in [6.45, 7) is 12.8. The van der Waals surface area contributed by atoms with Crippen molar-refractivity contribution in [2.45, 2.75) is 0 Å². The fourth-order valence-electron chi connectivity index (χ4n) is 0. The quantitative estimate of drug-likeness (QED) is 0.459. The molecule has 0 aromatic carbocycles. The van der Waals surface area contributed by atoms with E-state index in [2.05, 4.69) is 27.0 Å². The van der Waals surface area contributed by atoms with E-state index in [1.54, 1.807) is 0 Å². The topological polar surface area (TPSA) is 22.3 Å². The minimum absolute atomic E-state index is 0. The molecule has 0 aliphatic carbocycles. The molecular formula is C6H8NWY-. The van der Waals surface area contributed by atoms with Crippen molar-refractivity contribution in [2.24, 2.45) is 0 Å². The molecule has 9 heavy (non-hydrogen) atoms. The Balaban J connectivity index is -0.0000000233. The van der Waals surface area contributed by atoms with E-state index in [9.17, 15) is 0 Å². The van der Waals surface area contributed by atoms with Gasteiger partial charge < -0.3 is 31.4 Å². The number of hydrogen-bond acceptors (Lipinski definition) is 0. The largest absolute Gasteiger partial charge is 2.00 e. The zero-order valence-corrected chi connectivity index (χ0v) is 11.0. The Hall–Kier alpha value is 0.722. The van der Waals surface area contributed by atoms with Gasteiger partial charge in [-0.25, -0.2) is 0 Å². The molecule has 0 aromatic heterocycles. The van der Waals surface area contributed by atoms with Crippen molar-refractivity contribution in [2.75, 3.05) is 0 Å². The number of hydrogen-bond donors (Lipinski definition) is 0. The van der Waals surface area contributed by atoms with Crippen LogP contribution in [0.3, 0.4) is 0 Å². The third kappa shape index (κ3) is 756. The van der Waals surface area contributed by atoms with Crippen molar-refractivity contribution in [3.63, 3.8) is 0 Å². The molecule has 0 aliphatic rings. The Kier molecular flexibility index (Phi) is 58.5. The summed E-state index contributed by atoms with van der Waals surface area (Å²) in [6.07, 6.45) is 0. The van der Waals surface area contributed by atoms with Crippen LogP contribution in [0.4, 0.5) is 0 Å². The molecule has 0 unspecified atom stereocenters. The average molecular weight is 367 g/mol. The first-order valence-corrected chi connectivity index (χ1v) is 1.64. The van der Waals surface area contributed by atoms with Gasteiger partial charge in [0.1, 0.15) is 0 Å². The van der Waals surface area contributed by atoms with Gasteiger partial charge in [-0.1, -0.05) is 6.58 Å². The molecule has 0 amide bonds. The maximum Gasteiger partial charge on any atom is 2.00 e. The average Bonchev–Trinajstić information content (AvgIpc) is 1.33. The van der Waals surface area contributed by atoms with E-state index in [-0.39, 0.29) is 53.8 Å². The van der Waals surface area contributed by atoms with Crippen LogP contribution in [-0.2, 0) is 53.8 Å². The van der Waals surface area contributed by atoms with E-state index in [0.717, 1.165) is 0 Å². The third-order valence-electron chi connectivity index (χ3n) is 0. The SMILES string of the molecule is C=C([CH2-])[CH2-].C=C=[N-].[W+2].[Y]. The second-order valence-electron chi connectivity index (χ2n) is 0.908. The van der Waals surface area contributed by atoms with Crippen molar-refractivity contribution in [1.29, 1.82) is 0 Å². The van der Waals surface area contributed by atoms with Crippen molar-refractivity contribution in [3.8, 4) is 0 Å². The summed E-state index contributed by atoms with van der Waals surface area (Å²) in [5.41, 5.74) is 0.667. The van der Waals surface area contributed by atoms with Crippen LogP contribution < -0.4 is 0 Å². The molecule has 0 aliphatic heterocycles. The van der Waals surface area contributed by atoms with Gasteiger partial charge in [-0.3, -0.25) is 5.87 Å². The van der Waals surface area contributed by atoms with E-state index in [1.807, 2.05) is 0 Å². The second kappa shape index (κ2) is 23.3. The number of nitrogens with zero attached hydrogens (tertiary/aromatic N) is 1. The van der Waals surface area contributed by atoms with Crippen LogP contribution in [-0.4, -0.2) is 5.87 Å². The van der Waals surface area contributed by atoms with Gasteiger partial charge in [0.25, 0.3) is 0 Å². The Labute approximate surface area is 96.6 Å². The zero-order chi connectivity index (χ0) is 6.28. The fourth-order valence-corrected chi connectivity index (χ4v) is 0. The van der Waals surface area contributed by atoms with E-state index in [1.165, 1.54) is 5.87 Å². The maximum absolute atomic E-state index is 7.21. The first-order chi connectivity index (χ1) is 3.15. The summed E-state index contributed by atoms with van der Waals surface area (Å²) >= 11 is 0. The van der Waals surface area contributed by atoms with Crippen LogP contribution >= 0.6 is 0 Å². The summed E-state index contributed by atoms with van der Waals surface area (Å²) in [5, 5.41) is 7.21. The molecular weight excluding hydrogens is 359 g/mol. The molecule has 47 valence electrons. The molecule has 0 saturated carbocycles. The van der Waals surface area contributed by atoms with Gasteiger partial charge in [0, 0.05) is 32.7 Å². The summed E-state index contributed by atoms with van der Waals surface area (Å²) < 4.78 is 0. The molecule has 1 radical (unpaired) electrons. The van der Waals surface area contributed by atoms with E-state index in [4.69, 9.17) is 5.41 Å². The van der Waals surface area contributed by atoms with E-state index < -0.39 is 0 Å². The Morgan fingerprint density at radius 2 is 1.44 bits per heavy atom. The zero-order valence-electron chi connectivity index (χ0n) is 5.26. The molecule has 0 fully saturated rings. The standard InChI is InChI=1S/C4H6.C2H2N.W.Y/c1-4(2)3;1-2-3;;/h1-3H2;1H2;;/q-2;-1;+2;. The predicted molar refractivity (Wildman–Crippen MR) is 33.8 cm³/mol. The smallest absolute Gasteiger partial charge is 0.764 e. The van der Waals surface area contributed by atoms with Gasteiger partial charge >= 0.3 is 21.1 Å². The first kappa shape index (κ1) is 22.6. The van der Waals surface area contributed by atoms with Crippen molar-refractivity contribution < 1.29 is 53.8 Å². The summed E-state index contributed by atoms with van der Waals surface area (Å²) in [5.74, 6) is 1.50. The molecule has 0 aromatic rings. The Bertz CT molecular complexity index is 81.1. The number of rotatable bonds is 0. The monoisotopic (exact) mass is 367 g/mol. The maximum atomic E-state index is 7.21. The van der Waals surface area contributed by atoms with Gasteiger partial charge in [0.2, 0.25) is 0 Å². The van der Waals surface area contributed by atoms with Gasteiger partial charge in [-0.05, 0) is 0 Å². The molecule has 0 spiro atoms. The van der Waals surface area contributed by atoms with E-state index in [0.29, 0.717) is 5.57 Å². The van der Waals surface area contributed by atoms with Gasteiger partial charge in [0.05, 0.1) is 0 Å². The third-order valence-corrected chi connectivity index (χ3v) is 0. The molecule has 3 heteroatoms. The Morgan fingerprint density at radius 3 is 1.44 bits per heavy atom. The second-order valence-corrected chi connectivity index (χ2v) is 0.908. The van der Waals surface area contributed by atoms with Crippen LogP contribution in [0.15, 0.2) is 18.7 Å². The normalized spacial score (nSPS) is 3.56. The summed E-state index contributed by atoms with van der Waals surface area (Å²) in [7, 11) is 0. The molecule has 0 rings (SSSR count). The van der Waals surface area contributed by atoms with Crippen LogP contribution in [0.1, 0.15) is 0 Å². The van der Waals surface area contributed by atoms with Crippen LogP contribution in [0.2, 0.25) is 0 Å². The molecule has 0 heterocycles. The van der Waals surface area contributed by atoms with E-state index >= 15 is 0 Å². The fraction of sp³-hybridized carbons (Fsp3) is 0. The minimum atomic E-state index is 0. The molecule has 0 atom stereocenters. The van der Waals surface area contributed by atoms with Crippen LogP contribution in [0, 0.1) is 13.8 Å². The van der Waals surface area contributed by atoms with Crippen molar-refractivity contribution >= 4 is 5.87 Å². The molecule has 0 saturated heterocycles. The van der Waals surface area contributed by atoms with Gasteiger partial charge in [0.15, 0.2) is 0 Å². The molecule has 1 nitrogen and oxygen atoms in total. The van der Waals surface area contributed by atoms with Crippen molar-refractivity contribution in [1.82, 2.24) is 0 Å². The van der Waals surface area contributed by atoms with Gasteiger partial charge in [-0.2, -0.15) is 0 Å². The first-order valence-electron chi connectivity index (χ1n) is 1.64. The Morgan fingerprint density at radius 1 is 1.44 bits per heavy atom. The molecule has 0 N–H and O–H groups in total. The minimum Gasteiger partial charge on any atom is -0.764 e. The molecule has 0 bridgehead atoms. The number of allylic oxidation sites excluding steroid dienone is 1. The summed E-state index contributed by atoms with van der Waals surface area (Å²) in [4.78, 5) is 0. The van der Waals surface area contributed by atoms with Crippen molar-refractivity contribution in [3.05, 3.63) is 38.0 Å². The predicted octanol–water partition coefficient (Wildman–Crippen LogP) is 1.62. The van der Waals surface area contributed by atoms with Crippen LogP contribution in [0.5, 0.6) is 0 Å². The van der Waals surface area contributed by atoms with Crippen LogP contribution in [0.25, 0.3) is 5.41 Å². The summed E-state index contributed by atoms with van der Waals surface area (Å²) in [6, 6.07) is 0.